The Balaban J connectivity index is 2.42. The molecular formula is C21H28N2. The molecule has 0 atom stereocenters. The minimum Gasteiger partial charge on any atom is -0.261 e. The predicted molar refractivity (Wildman–Crippen MR) is 99.9 cm³/mol. The molecule has 0 aliphatic rings. The molecule has 2 aromatic rings. The van der Waals surface area contributed by atoms with Crippen LogP contribution in [0.1, 0.15) is 58.4 Å². The highest BCUT2D eigenvalue weighted by Crippen LogP contribution is 2.39. The molecular weight excluding hydrogens is 280 g/mol. The minimum atomic E-state index is 0.0684. The molecule has 1 aromatic heterocycles. The van der Waals surface area contributed by atoms with Crippen molar-refractivity contribution in [3.8, 4) is 0 Å². The van der Waals surface area contributed by atoms with Gasteiger partial charge >= 0.3 is 0 Å². The number of aliphatic imine (C=N–C) groups is 1. The molecule has 0 radical (unpaired) electrons. The second-order valence-electron chi connectivity index (χ2n) is 8.04. The van der Waals surface area contributed by atoms with E-state index in [2.05, 4.69) is 64.7 Å². The van der Waals surface area contributed by atoms with Gasteiger partial charge in [-0.3, -0.25) is 9.98 Å². The van der Waals surface area contributed by atoms with Gasteiger partial charge in [-0.2, -0.15) is 0 Å². The summed E-state index contributed by atoms with van der Waals surface area (Å²) in [5.74, 6) is 0. The van der Waals surface area contributed by atoms with Gasteiger partial charge in [0, 0.05) is 24.5 Å². The fourth-order valence-electron chi connectivity index (χ4n) is 2.64. The Kier molecular flexibility index (Phi) is 5.03. The summed E-state index contributed by atoms with van der Waals surface area (Å²) in [6.45, 7) is 13.5. The largest absolute Gasteiger partial charge is 0.261 e. The van der Waals surface area contributed by atoms with Gasteiger partial charge in [-0.15, -0.1) is 0 Å². The number of hydrogen-bond acceptors (Lipinski definition) is 2. The van der Waals surface area contributed by atoms with E-state index >= 15 is 0 Å². The number of nitrogens with zero attached hydrogens (tertiary/aromatic N) is 2. The van der Waals surface area contributed by atoms with Gasteiger partial charge in [0.2, 0.25) is 0 Å². The molecule has 2 heteroatoms. The van der Waals surface area contributed by atoms with Gasteiger partial charge in [-0.05, 0) is 34.1 Å². The van der Waals surface area contributed by atoms with Crippen molar-refractivity contribution < 1.29 is 0 Å². The average Bonchev–Trinajstić information content (AvgIpc) is 2.46. The highest BCUT2D eigenvalue weighted by molar-refractivity contribution is 5.70. The van der Waals surface area contributed by atoms with Crippen LogP contribution < -0.4 is 0 Å². The van der Waals surface area contributed by atoms with Crippen molar-refractivity contribution in [2.75, 3.05) is 0 Å². The summed E-state index contributed by atoms with van der Waals surface area (Å²) in [7, 11) is 0. The van der Waals surface area contributed by atoms with Crippen LogP contribution in [0, 0.1) is 0 Å². The van der Waals surface area contributed by atoms with Gasteiger partial charge in [-0.25, -0.2) is 0 Å². The van der Waals surface area contributed by atoms with E-state index < -0.39 is 0 Å². The molecule has 2 nitrogen and oxygen atoms in total. The quantitative estimate of drug-likeness (QED) is 0.675. The Bertz CT molecular complexity index is 639. The van der Waals surface area contributed by atoms with Gasteiger partial charge in [0.1, 0.15) is 0 Å². The normalized spacial score (nSPS) is 12.8. The van der Waals surface area contributed by atoms with Crippen molar-refractivity contribution in [3.05, 3.63) is 59.4 Å². The standard InChI is InChI=1S/C21H28N2/c1-20(2,3)17-11-9-12-18(21(4,5)6)19(17)23-15-13-16-10-7-8-14-22-16/h7-12,14-15H,13H2,1-6H3. The average molecular weight is 308 g/mol. The van der Waals surface area contributed by atoms with E-state index in [1.54, 1.807) is 0 Å². The zero-order valence-electron chi connectivity index (χ0n) is 15.2. The SMILES string of the molecule is CC(C)(C)c1cccc(C(C)(C)C)c1N=CCc1ccccn1. The van der Waals surface area contributed by atoms with Crippen LogP contribution in [0.2, 0.25) is 0 Å². The summed E-state index contributed by atoms with van der Waals surface area (Å²) in [4.78, 5) is 9.23. The molecule has 1 heterocycles. The molecule has 0 saturated carbocycles. The number of rotatable bonds is 3. The fourth-order valence-corrected chi connectivity index (χ4v) is 2.64. The van der Waals surface area contributed by atoms with Crippen LogP contribution >= 0.6 is 0 Å². The van der Waals surface area contributed by atoms with Crippen LogP contribution in [0.15, 0.2) is 47.6 Å². The maximum atomic E-state index is 4.87. The Morgan fingerprint density at radius 1 is 0.870 bits per heavy atom. The molecule has 23 heavy (non-hydrogen) atoms. The van der Waals surface area contributed by atoms with E-state index in [4.69, 9.17) is 4.99 Å². The summed E-state index contributed by atoms with van der Waals surface area (Å²) < 4.78 is 0. The smallest absolute Gasteiger partial charge is 0.0700 e. The van der Waals surface area contributed by atoms with E-state index in [9.17, 15) is 0 Å². The van der Waals surface area contributed by atoms with Crippen molar-refractivity contribution >= 4 is 11.9 Å². The molecule has 0 saturated heterocycles. The molecule has 0 N–H and O–H groups in total. The van der Waals surface area contributed by atoms with Crippen molar-refractivity contribution in [1.82, 2.24) is 4.98 Å². The van der Waals surface area contributed by atoms with Gasteiger partial charge < -0.3 is 0 Å². The van der Waals surface area contributed by atoms with Crippen LogP contribution in [0.4, 0.5) is 5.69 Å². The number of hydrogen-bond donors (Lipinski definition) is 0. The molecule has 0 unspecified atom stereocenters. The Hall–Kier alpha value is -1.96. The zero-order valence-corrected chi connectivity index (χ0v) is 15.2. The van der Waals surface area contributed by atoms with Crippen LogP contribution in [0.3, 0.4) is 0 Å². The lowest BCUT2D eigenvalue weighted by Crippen LogP contribution is -2.17. The second kappa shape index (κ2) is 6.66. The van der Waals surface area contributed by atoms with Crippen molar-refractivity contribution in [1.29, 1.82) is 0 Å². The maximum absolute atomic E-state index is 4.87. The topological polar surface area (TPSA) is 25.2 Å². The summed E-state index contributed by atoms with van der Waals surface area (Å²) in [5, 5.41) is 0. The van der Waals surface area contributed by atoms with E-state index in [1.807, 2.05) is 30.6 Å². The molecule has 2 rings (SSSR count). The highest BCUT2D eigenvalue weighted by Gasteiger charge is 2.24. The summed E-state index contributed by atoms with van der Waals surface area (Å²) >= 11 is 0. The molecule has 0 spiro atoms. The minimum absolute atomic E-state index is 0.0684. The Morgan fingerprint density at radius 2 is 1.48 bits per heavy atom. The predicted octanol–water partition coefficient (Wildman–Crippen LogP) is 5.62. The maximum Gasteiger partial charge on any atom is 0.0700 e. The van der Waals surface area contributed by atoms with Crippen molar-refractivity contribution in [2.24, 2.45) is 4.99 Å². The molecule has 0 amide bonds. The fraction of sp³-hybridized carbons (Fsp3) is 0.429. The van der Waals surface area contributed by atoms with Crippen molar-refractivity contribution in [2.45, 2.75) is 58.8 Å². The number of benzene rings is 1. The third-order valence-corrected chi connectivity index (χ3v) is 3.90. The summed E-state index contributed by atoms with van der Waals surface area (Å²) in [6, 6.07) is 12.5. The molecule has 0 aliphatic carbocycles. The second-order valence-corrected chi connectivity index (χ2v) is 8.04. The van der Waals surface area contributed by atoms with Crippen molar-refractivity contribution in [3.63, 3.8) is 0 Å². The van der Waals surface area contributed by atoms with Gasteiger partial charge in [0.15, 0.2) is 0 Å². The van der Waals surface area contributed by atoms with E-state index in [0.717, 1.165) is 17.8 Å². The first-order chi connectivity index (χ1) is 10.7. The van der Waals surface area contributed by atoms with Gasteiger partial charge in [-0.1, -0.05) is 65.8 Å². The highest BCUT2D eigenvalue weighted by atomic mass is 14.7. The van der Waals surface area contributed by atoms with E-state index in [1.165, 1.54) is 11.1 Å². The zero-order chi connectivity index (χ0) is 17.1. The van der Waals surface area contributed by atoms with E-state index in [0.29, 0.717) is 0 Å². The Morgan fingerprint density at radius 3 is 1.96 bits per heavy atom. The third-order valence-electron chi connectivity index (χ3n) is 3.90. The first-order valence-corrected chi connectivity index (χ1v) is 8.26. The van der Waals surface area contributed by atoms with Crippen LogP contribution in [-0.2, 0) is 17.3 Å². The first-order valence-electron chi connectivity index (χ1n) is 8.26. The summed E-state index contributed by atoms with van der Waals surface area (Å²) in [5.41, 5.74) is 4.88. The Labute approximate surface area is 140 Å². The third kappa shape index (κ3) is 4.51. The molecule has 0 bridgehead atoms. The lowest BCUT2D eigenvalue weighted by molar-refractivity contribution is 0.571. The first kappa shape index (κ1) is 17.4. The van der Waals surface area contributed by atoms with Crippen LogP contribution in [-0.4, -0.2) is 11.2 Å². The lowest BCUT2D eigenvalue weighted by atomic mass is 9.79. The van der Waals surface area contributed by atoms with E-state index in [-0.39, 0.29) is 10.8 Å². The summed E-state index contributed by atoms with van der Waals surface area (Å²) in [6.07, 6.45) is 4.57. The molecule has 0 fully saturated rings. The molecule has 0 aliphatic heterocycles. The van der Waals surface area contributed by atoms with Gasteiger partial charge in [0.05, 0.1) is 5.69 Å². The molecule has 122 valence electrons. The number of pyridine rings is 1. The van der Waals surface area contributed by atoms with Gasteiger partial charge in [0.25, 0.3) is 0 Å². The lowest BCUT2D eigenvalue weighted by Gasteiger charge is -2.28. The molecule has 1 aromatic carbocycles. The number of para-hydroxylation sites is 1. The number of aromatic nitrogens is 1. The monoisotopic (exact) mass is 308 g/mol. The van der Waals surface area contributed by atoms with Crippen LogP contribution in [0.5, 0.6) is 0 Å². The van der Waals surface area contributed by atoms with Crippen LogP contribution in [0.25, 0.3) is 0 Å².